The number of rotatable bonds is 5. The van der Waals surface area contributed by atoms with Crippen LogP contribution in [0.15, 0.2) is 36.9 Å². The average molecular weight is 286 g/mol. The van der Waals surface area contributed by atoms with Crippen molar-refractivity contribution in [1.82, 2.24) is 4.90 Å². The van der Waals surface area contributed by atoms with E-state index in [1.165, 1.54) is 19.8 Å². The van der Waals surface area contributed by atoms with Crippen LogP contribution in [0.1, 0.15) is 43.0 Å². The molecule has 0 radical (unpaired) electrons. The number of hydrogen-bond donors (Lipinski definition) is 1. The van der Waals surface area contributed by atoms with Crippen LogP contribution in [0.5, 0.6) is 0 Å². The van der Waals surface area contributed by atoms with E-state index in [1.807, 2.05) is 4.90 Å². The van der Waals surface area contributed by atoms with E-state index < -0.39 is 0 Å². The van der Waals surface area contributed by atoms with Crippen LogP contribution in [0.25, 0.3) is 0 Å². The van der Waals surface area contributed by atoms with Gasteiger partial charge in [-0.25, -0.2) is 4.79 Å². The fraction of sp³-hybridized carbons (Fsp3) is 0.412. The highest BCUT2D eigenvalue weighted by molar-refractivity contribution is 5.95. The van der Waals surface area contributed by atoms with Crippen LogP contribution in [-0.2, 0) is 0 Å². The summed E-state index contributed by atoms with van der Waals surface area (Å²) in [7, 11) is 0. The van der Waals surface area contributed by atoms with Crippen LogP contribution >= 0.6 is 0 Å². The van der Waals surface area contributed by atoms with E-state index in [0.717, 1.165) is 12.8 Å². The lowest BCUT2D eigenvalue weighted by molar-refractivity contribution is 0.101. The molecule has 1 aromatic carbocycles. The van der Waals surface area contributed by atoms with Crippen LogP contribution in [0.4, 0.5) is 10.5 Å². The number of nitrogens with one attached hydrogen (secondary N) is 1. The molecule has 1 aliphatic carbocycles. The zero-order valence-electron chi connectivity index (χ0n) is 12.5. The van der Waals surface area contributed by atoms with Gasteiger partial charge in [0.25, 0.3) is 0 Å². The summed E-state index contributed by atoms with van der Waals surface area (Å²) in [6.07, 6.45) is 6.24. The van der Waals surface area contributed by atoms with E-state index >= 15 is 0 Å². The third-order valence-corrected chi connectivity index (χ3v) is 3.89. The number of urea groups is 1. The van der Waals surface area contributed by atoms with Crippen molar-refractivity contribution < 1.29 is 9.59 Å². The number of ketones is 1. The SMILES string of the molecule is C=CCN(C(=O)Nc1ccc(C(C)=O)cc1)C1CCCC1. The lowest BCUT2D eigenvalue weighted by Crippen LogP contribution is -2.41. The molecule has 2 rings (SSSR count). The summed E-state index contributed by atoms with van der Waals surface area (Å²) in [5.41, 5.74) is 1.35. The predicted octanol–water partition coefficient (Wildman–Crippen LogP) is 3.85. The van der Waals surface area contributed by atoms with Gasteiger partial charge in [0.15, 0.2) is 5.78 Å². The van der Waals surface area contributed by atoms with Crippen LogP contribution in [-0.4, -0.2) is 29.3 Å². The lowest BCUT2D eigenvalue weighted by atomic mass is 10.1. The van der Waals surface area contributed by atoms with Gasteiger partial charge < -0.3 is 10.2 Å². The molecular weight excluding hydrogens is 264 g/mol. The van der Waals surface area contributed by atoms with Gasteiger partial charge in [-0.1, -0.05) is 18.9 Å². The molecule has 0 bridgehead atoms. The maximum Gasteiger partial charge on any atom is 0.322 e. The summed E-state index contributed by atoms with van der Waals surface area (Å²) in [5.74, 6) is 0.0205. The van der Waals surface area contributed by atoms with Crippen molar-refractivity contribution in [2.45, 2.75) is 38.6 Å². The number of benzene rings is 1. The third-order valence-electron chi connectivity index (χ3n) is 3.89. The fourth-order valence-electron chi connectivity index (χ4n) is 2.74. The molecule has 1 N–H and O–H groups in total. The summed E-state index contributed by atoms with van der Waals surface area (Å²) in [5, 5.41) is 2.90. The molecular formula is C17H22N2O2. The monoisotopic (exact) mass is 286 g/mol. The van der Waals surface area contributed by atoms with Gasteiger partial charge in [0.1, 0.15) is 0 Å². The highest BCUT2D eigenvalue weighted by Gasteiger charge is 2.25. The standard InChI is InChI=1S/C17H22N2O2/c1-3-12-19(16-6-4-5-7-16)17(21)18-15-10-8-14(9-11-15)13(2)20/h3,8-11,16H,1,4-7,12H2,2H3,(H,18,21). The summed E-state index contributed by atoms with van der Waals surface area (Å²) >= 11 is 0. The first kappa shape index (κ1) is 15.3. The highest BCUT2D eigenvalue weighted by Crippen LogP contribution is 2.24. The first-order valence-corrected chi connectivity index (χ1v) is 7.41. The molecule has 0 unspecified atom stereocenters. The molecule has 0 spiro atoms. The van der Waals surface area contributed by atoms with E-state index in [0.29, 0.717) is 23.8 Å². The van der Waals surface area contributed by atoms with Crippen LogP contribution < -0.4 is 5.32 Å². The van der Waals surface area contributed by atoms with Crippen molar-refractivity contribution in [2.24, 2.45) is 0 Å². The Kier molecular flexibility index (Phi) is 5.14. The second kappa shape index (κ2) is 7.07. The van der Waals surface area contributed by atoms with Gasteiger partial charge in [-0.05, 0) is 44.0 Å². The molecule has 0 saturated heterocycles. The minimum atomic E-state index is -0.0997. The number of Topliss-reactive ketones (excluding diaryl/α,β-unsaturated/α-hetero) is 1. The predicted molar refractivity (Wildman–Crippen MR) is 84.6 cm³/mol. The lowest BCUT2D eigenvalue weighted by Gasteiger charge is -2.28. The van der Waals surface area contributed by atoms with Crippen LogP contribution in [0, 0.1) is 0 Å². The van der Waals surface area contributed by atoms with E-state index in [9.17, 15) is 9.59 Å². The molecule has 1 aliphatic rings. The molecule has 4 nitrogen and oxygen atoms in total. The van der Waals surface area contributed by atoms with Crippen molar-refractivity contribution in [3.8, 4) is 0 Å². The van der Waals surface area contributed by atoms with Crippen LogP contribution in [0.3, 0.4) is 0 Å². The Morgan fingerprint density at radius 3 is 2.43 bits per heavy atom. The molecule has 4 heteroatoms. The Hall–Kier alpha value is -2.10. The van der Waals surface area contributed by atoms with Gasteiger partial charge >= 0.3 is 6.03 Å². The van der Waals surface area contributed by atoms with Crippen molar-refractivity contribution in [2.75, 3.05) is 11.9 Å². The molecule has 21 heavy (non-hydrogen) atoms. The Morgan fingerprint density at radius 2 is 1.90 bits per heavy atom. The number of carbonyl (C=O) groups is 2. The maximum absolute atomic E-state index is 12.4. The molecule has 0 aromatic heterocycles. The molecule has 2 amide bonds. The summed E-state index contributed by atoms with van der Waals surface area (Å²) < 4.78 is 0. The minimum absolute atomic E-state index is 0.0205. The Morgan fingerprint density at radius 1 is 1.29 bits per heavy atom. The molecule has 1 fully saturated rings. The number of anilines is 1. The normalized spacial score (nSPS) is 14.7. The van der Waals surface area contributed by atoms with Crippen molar-refractivity contribution in [3.05, 3.63) is 42.5 Å². The van der Waals surface area contributed by atoms with Gasteiger partial charge in [0.2, 0.25) is 0 Å². The van der Waals surface area contributed by atoms with Crippen LogP contribution in [0.2, 0.25) is 0 Å². The third kappa shape index (κ3) is 3.94. The van der Waals surface area contributed by atoms with E-state index in [-0.39, 0.29) is 11.8 Å². The molecule has 0 aliphatic heterocycles. The molecule has 0 atom stereocenters. The molecule has 1 saturated carbocycles. The summed E-state index contributed by atoms with van der Waals surface area (Å²) in [4.78, 5) is 25.5. The van der Waals surface area contributed by atoms with E-state index in [4.69, 9.17) is 0 Å². The quantitative estimate of drug-likeness (QED) is 0.660. The van der Waals surface area contributed by atoms with Crippen molar-refractivity contribution in [3.63, 3.8) is 0 Å². The molecule has 1 aromatic rings. The zero-order chi connectivity index (χ0) is 15.2. The van der Waals surface area contributed by atoms with E-state index in [1.54, 1.807) is 30.3 Å². The topological polar surface area (TPSA) is 49.4 Å². The number of amides is 2. The van der Waals surface area contributed by atoms with E-state index in [2.05, 4.69) is 11.9 Å². The largest absolute Gasteiger partial charge is 0.322 e. The molecule has 0 heterocycles. The Bertz CT molecular complexity index is 516. The van der Waals surface area contributed by atoms with Gasteiger partial charge in [0, 0.05) is 23.8 Å². The summed E-state index contributed by atoms with van der Waals surface area (Å²) in [6.45, 7) is 5.82. The van der Waals surface area contributed by atoms with Gasteiger partial charge in [-0.2, -0.15) is 0 Å². The average Bonchev–Trinajstić information content (AvgIpc) is 2.99. The smallest absolute Gasteiger partial charge is 0.318 e. The second-order valence-corrected chi connectivity index (χ2v) is 5.44. The number of hydrogen-bond acceptors (Lipinski definition) is 2. The zero-order valence-corrected chi connectivity index (χ0v) is 12.5. The molecule has 112 valence electrons. The number of carbonyl (C=O) groups excluding carboxylic acids is 2. The highest BCUT2D eigenvalue weighted by atomic mass is 16.2. The van der Waals surface area contributed by atoms with Crippen molar-refractivity contribution in [1.29, 1.82) is 0 Å². The van der Waals surface area contributed by atoms with Gasteiger partial charge in [-0.3, -0.25) is 4.79 Å². The maximum atomic E-state index is 12.4. The first-order chi connectivity index (χ1) is 10.1. The van der Waals surface area contributed by atoms with Gasteiger partial charge in [-0.15, -0.1) is 6.58 Å². The first-order valence-electron chi connectivity index (χ1n) is 7.41. The fourth-order valence-corrected chi connectivity index (χ4v) is 2.74. The Labute approximate surface area is 125 Å². The Balaban J connectivity index is 2.03. The van der Waals surface area contributed by atoms with Gasteiger partial charge in [0.05, 0.1) is 0 Å². The second-order valence-electron chi connectivity index (χ2n) is 5.44. The minimum Gasteiger partial charge on any atom is -0.318 e. The summed E-state index contributed by atoms with van der Waals surface area (Å²) in [6, 6.07) is 7.18. The van der Waals surface area contributed by atoms with Crippen molar-refractivity contribution >= 4 is 17.5 Å². The number of nitrogens with zero attached hydrogens (tertiary/aromatic N) is 1.